The van der Waals surface area contributed by atoms with Gasteiger partial charge in [-0.1, -0.05) is 29.2 Å². The number of hydrogen-bond acceptors (Lipinski definition) is 6. The maximum Gasteiger partial charge on any atom is 0.234 e. The summed E-state index contributed by atoms with van der Waals surface area (Å²) in [5.41, 5.74) is 9.12. The minimum Gasteiger partial charge on any atom is -0.374 e. The van der Waals surface area contributed by atoms with Gasteiger partial charge in [0, 0.05) is 5.69 Å². The van der Waals surface area contributed by atoms with Crippen LogP contribution in [0.1, 0.15) is 17.5 Å². The van der Waals surface area contributed by atoms with Gasteiger partial charge in [0.2, 0.25) is 11.0 Å². The van der Waals surface area contributed by atoms with Gasteiger partial charge in [-0.05, 0) is 42.5 Å². The highest BCUT2D eigenvalue weighted by Gasteiger charge is 2.12. The van der Waals surface area contributed by atoms with Crippen molar-refractivity contribution >= 4 is 39.8 Å². The molecule has 104 valence electrons. The van der Waals surface area contributed by atoms with E-state index in [0.717, 1.165) is 18.5 Å². The molecule has 0 fully saturated rings. The predicted molar refractivity (Wildman–Crippen MR) is 82.1 cm³/mol. The quantitative estimate of drug-likeness (QED) is 0.847. The highest BCUT2D eigenvalue weighted by atomic mass is 32.2. The highest BCUT2D eigenvalue weighted by molar-refractivity contribution is 8.01. The number of aromatic nitrogens is 2. The molecule has 1 aromatic carbocycles. The van der Waals surface area contributed by atoms with Crippen LogP contribution in [0.15, 0.2) is 22.5 Å². The Kier molecular flexibility index (Phi) is 3.88. The van der Waals surface area contributed by atoms with Gasteiger partial charge in [-0.25, -0.2) is 0 Å². The molecule has 0 aliphatic heterocycles. The van der Waals surface area contributed by atoms with E-state index in [2.05, 4.69) is 27.6 Å². The molecule has 0 radical (unpaired) electrons. The molecule has 0 unspecified atom stereocenters. The summed E-state index contributed by atoms with van der Waals surface area (Å²) in [5.74, 6) is 0.271. The van der Waals surface area contributed by atoms with Crippen LogP contribution in [0.25, 0.3) is 0 Å². The van der Waals surface area contributed by atoms with E-state index >= 15 is 0 Å². The van der Waals surface area contributed by atoms with Gasteiger partial charge in [0.25, 0.3) is 0 Å². The fourth-order valence-electron chi connectivity index (χ4n) is 2.25. The number of rotatable bonds is 4. The van der Waals surface area contributed by atoms with Gasteiger partial charge in [-0.3, -0.25) is 4.79 Å². The number of thioether (sulfide) groups is 1. The van der Waals surface area contributed by atoms with Crippen molar-refractivity contribution < 1.29 is 4.79 Å². The van der Waals surface area contributed by atoms with E-state index in [0.29, 0.717) is 15.2 Å². The van der Waals surface area contributed by atoms with Crippen LogP contribution < -0.4 is 11.1 Å². The zero-order valence-corrected chi connectivity index (χ0v) is 12.4. The third-order valence-electron chi connectivity index (χ3n) is 3.13. The van der Waals surface area contributed by atoms with Crippen LogP contribution in [0.3, 0.4) is 0 Å². The number of aryl methyl sites for hydroxylation is 2. The maximum atomic E-state index is 11.9. The van der Waals surface area contributed by atoms with Crippen LogP contribution in [0.2, 0.25) is 0 Å². The molecule has 20 heavy (non-hydrogen) atoms. The maximum absolute atomic E-state index is 11.9. The Bertz CT molecular complexity index is 641. The molecule has 1 aliphatic carbocycles. The number of carbonyl (C=O) groups is 1. The topological polar surface area (TPSA) is 80.9 Å². The molecule has 2 aromatic rings. The molecular weight excluding hydrogens is 292 g/mol. The molecule has 1 aromatic heterocycles. The van der Waals surface area contributed by atoms with E-state index in [4.69, 9.17) is 5.73 Å². The number of nitrogens with two attached hydrogens (primary N) is 1. The minimum atomic E-state index is -0.0401. The van der Waals surface area contributed by atoms with Gasteiger partial charge in [0.05, 0.1) is 5.75 Å². The first-order valence-corrected chi connectivity index (χ1v) is 8.14. The number of nitrogens with one attached hydrogen (secondary N) is 1. The van der Waals surface area contributed by atoms with Crippen molar-refractivity contribution in [3.63, 3.8) is 0 Å². The zero-order chi connectivity index (χ0) is 13.9. The summed E-state index contributed by atoms with van der Waals surface area (Å²) in [6, 6.07) is 6.15. The number of hydrogen-bond donors (Lipinski definition) is 2. The first kappa shape index (κ1) is 13.4. The summed E-state index contributed by atoms with van der Waals surface area (Å²) in [7, 11) is 0. The monoisotopic (exact) mass is 306 g/mol. The molecule has 0 atom stereocenters. The number of anilines is 2. The smallest absolute Gasteiger partial charge is 0.234 e. The molecule has 3 rings (SSSR count). The molecule has 1 amide bonds. The molecule has 1 aliphatic rings. The molecule has 0 saturated carbocycles. The molecule has 1 heterocycles. The Labute approximate surface area is 125 Å². The Hall–Kier alpha value is -1.60. The lowest BCUT2D eigenvalue weighted by atomic mass is 10.1. The second-order valence-electron chi connectivity index (χ2n) is 4.58. The zero-order valence-electron chi connectivity index (χ0n) is 10.8. The standard InChI is InChI=1S/C13H14N4OS2/c14-12-16-17-13(20-12)19-7-11(18)15-10-5-4-8-2-1-3-9(8)6-10/h4-6H,1-3,7H2,(H2,14,16)(H,15,18). The summed E-state index contributed by atoms with van der Waals surface area (Å²) in [4.78, 5) is 11.9. The molecule has 0 spiro atoms. The number of amides is 1. The Morgan fingerprint density at radius 2 is 2.20 bits per heavy atom. The average molecular weight is 306 g/mol. The number of nitrogens with zero attached hydrogens (tertiary/aromatic N) is 2. The average Bonchev–Trinajstić information content (AvgIpc) is 3.04. The fourth-order valence-corrected chi connectivity index (χ4v) is 3.69. The fraction of sp³-hybridized carbons (Fsp3) is 0.308. The van der Waals surface area contributed by atoms with Gasteiger partial charge >= 0.3 is 0 Å². The van der Waals surface area contributed by atoms with Crippen LogP contribution in [0, 0.1) is 0 Å². The highest BCUT2D eigenvalue weighted by Crippen LogP contribution is 2.26. The van der Waals surface area contributed by atoms with Crippen molar-refractivity contribution in [3.05, 3.63) is 29.3 Å². The SMILES string of the molecule is Nc1nnc(SCC(=O)Nc2ccc3c(c2)CCC3)s1. The van der Waals surface area contributed by atoms with Gasteiger partial charge < -0.3 is 11.1 Å². The largest absolute Gasteiger partial charge is 0.374 e. The van der Waals surface area contributed by atoms with E-state index in [1.54, 1.807) is 0 Å². The Balaban J connectivity index is 1.56. The second-order valence-corrected chi connectivity index (χ2v) is 6.81. The van der Waals surface area contributed by atoms with Crippen molar-refractivity contribution in [1.82, 2.24) is 10.2 Å². The normalized spacial score (nSPS) is 13.2. The van der Waals surface area contributed by atoms with Gasteiger partial charge in [-0.2, -0.15) is 0 Å². The van der Waals surface area contributed by atoms with E-state index in [9.17, 15) is 4.79 Å². The molecule has 7 heteroatoms. The van der Waals surface area contributed by atoms with Crippen LogP contribution >= 0.6 is 23.1 Å². The summed E-state index contributed by atoms with van der Waals surface area (Å²) < 4.78 is 0.714. The number of benzene rings is 1. The summed E-state index contributed by atoms with van der Waals surface area (Å²) in [5, 5.41) is 10.9. The van der Waals surface area contributed by atoms with Crippen LogP contribution in [-0.2, 0) is 17.6 Å². The van der Waals surface area contributed by atoms with Crippen molar-refractivity contribution in [2.24, 2.45) is 0 Å². The van der Waals surface area contributed by atoms with E-state index in [1.165, 1.54) is 40.6 Å². The molecule has 3 N–H and O–H groups in total. The molecule has 5 nitrogen and oxygen atoms in total. The van der Waals surface area contributed by atoms with E-state index in [-0.39, 0.29) is 5.91 Å². The molecule has 0 bridgehead atoms. The Morgan fingerprint density at radius 3 is 3.00 bits per heavy atom. The summed E-state index contributed by atoms with van der Waals surface area (Å²) in [6.45, 7) is 0. The number of nitrogen functional groups attached to an aromatic ring is 1. The minimum absolute atomic E-state index is 0.0401. The molecule has 0 saturated heterocycles. The summed E-state index contributed by atoms with van der Waals surface area (Å²) >= 11 is 2.64. The predicted octanol–water partition coefficient (Wildman–Crippen LogP) is 2.34. The number of carbonyl (C=O) groups excluding carboxylic acids is 1. The van der Waals surface area contributed by atoms with Crippen LogP contribution in [0.5, 0.6) is 0 Å². The lowest BCUT2D eigenvalue weighted by Gasteiger charge is -2.06. The first-order valence-electron chi connectivity index (χ1n) is 6.34. The lowest BCUT2D eigenvalue weighted by Crippen LogP contribution is -2.14. The Morgan fingerprint density at radius 1 is 1.35 bits per heavy atom. The summed E-state index contributed by atoms with van der Waals surface area (Å²) in [6.07, 6.45) is 3.47. The third-order valence-corrected chi connectivity index (χ3v) is 5.02. The van der Waals surface area contributed by atoms with Crippen molar-refractivity contribution in [2.75, 3.05) is 16.8 Å². The van der Waals surface area contributed by atoms with Crippen LogP contribution in [-0.4, -0.2) is 21.9 Å². The third kappa shape index (κ3) is 3.10. The van der Waals surface area contributed by atoms with Crippen molar-refractivity contribution in [3.8, 4) is 0 Å². The molecular formula is C13H14N4OS2. The van der Waals surface area contributed by atoms with Crippen molar-refractivity contribution in [1.29, 1.82) is 0 Å². The van der Waals surface area contributed by atoms with Gasteiger partial charge in [-0.15, -0.1) is 10.2 Å². The second kappa shape index (κ2) is 5.80. The first-order chi connectivity index (χ1) is 9.70. The van der Waals surface area contributed by atoms with Gasteiger partial charge in [0.1, 0.15) is 0 Å². The lowest BCUT2D eigenvalue weighted by molar-refractivity contribution is -0.113. The van der Waals surface area contributed by atoms with Gasteiger partial charge in [0.15, 0.2) is 4.34 Å². The van der Waals surface area contributed by atoms with Crippen molar-refractivity contribution in [2.45, 2.75) is 23.6 Å². The van der Waals surface area contributed by atoms with E-state index in [1.807, 2.05) is 6.07 Å². The van der Waals surface area contributed by atoms with Crippen LogP contribution in [0.4, 0.5) is 10.8 Å². The van der Waals surface area contributed by atoms with E-state index < -0.39 is 0 Å². The number of fused-ring (bicyclic) bond motifs is 1.